The van der Waals surface area contributed by atoms with Crippen LogP contribution >= 0.6 is 0 Å². The first-order valence-electron chi connectivity index (χ1n) is 5.80. The summed E-state index contributed by atoms with van der Waals surface area (Å²) in [5.74, 6) is 0. The fraction of sp³-hybridized carbons (Fsp3) is 1.00. The molecule has 2 aliphatic rings. The predicted octanol–water partition coefficient (Wildman–Crippen LogP) is -2.24. The molecule has 2 saturated heterocycles. The smallest absolute Gasteiger partial charge is 0.132 e. The third-order valence-corrected chi connectivity index (χ3v) is 3.50. The molecule has 0 bridgehead atoms. The number of aliphatic hydroxyl groups excluding tert-OH is 4. The van der Waals surface area contributed by atoms with E-state index in [1.54, 1.807) is 4.90 Å². The first-order chi connectivity index (χ1) is 7.65. The van der Waals surface area contributed by atoms with Gasteiger partial charge >= 0.3 is 0 Å². The number of aliphatic hydroxyl groups is 4. The first kappa shape index (κ1) is 12.2. The Morgan fingerprint density at radius 1 is 1.19 bits per heavy atom. The zero-order valence-corrected chi connectivity index (χ0v) is 9.24. The molecular formula is C10H20N2O4. The van der Waals surface area contributed by atoms with Crippen molar-refractivity contribution in [1.82, 2.24) is 9.80 Å². The normalized spacial score (nSPS) is 39.4. The summed E-state index contributed by atoms with van der Waals surface area (Å²) in [5.41, 5.74) is 0. The van der Waals surface area contributed by atoms with Crippen molar-refractivity contribution in [2.45, 2.75) is 37.4 Å². The minimum absolute atomic E-state index is 0.198. The Morgan fingerprint density at radius 2 is 1.81 bits per heavy atom. The number of rotatable bonds is 3. The van der Waals surface area contributed by atoms with E-state index in [1.165, 1.54) is 0 Å². The number of likely N-dealkylation sites (tertiary alicyclic amines) is 2. The Labute approximate surface area is 94.7 Å². The Bertz CT molecular complexity index is 235. The highest BCUT2D eigenvalue weighted by Crippen LogP contribution is 2.26. The Kier molecular flexibility index (Phi) is 3.78. The Hall–Kier alpha value is -0.240. The molecule has 6 heteroatoms. The summed E-state index contributed by atoms with van der Waals surface area (Å²) < 4.78 is 0. The Morgan fingerprint density at radius 3 is 2.38 bits per heavy atom. The summed E-state index contributed by atoms with van der Waals surface area (Å²) >= 11 is 0. The molecule has 0 aromatic heterocycles. The van der Waals surface area contributed by atoms with Crippen molar-refractivity contribution in [1.29, 1.82) is 0 Å². The van der Waals surface area contributed by atoms with Crippen molar-refractivity contribution < 1.29 is 20.4 Å². The second-order valence-electron chi connectivity index (χ2n) is 4.57. The van der Waals surface area contributed by atoms with Crippen LogP contribution in [0.25, 0.3) is 0 Å². The zero-order valence-electron chi connectivity index (χ0n) is 9.24. The largest absolute Gasteiger partial charge is 0.392 e. The van der Waals surface area contributed by atoms with Crippen LogP contribution in [0.5, 0.6) is 0 Å². The van der Waals surface area contributed by atoms with Gasteiger partial charge in [0.1, 0.15) is 12.3 Å². The van der Waals surface area contributed by atoms with Gasteiger partial charge in [0.15, 0.2) is 0 Å². The number of hydrogen-bond acceptors (Lipinski definition) is 6. The molecule has 94 valence electrons. The maximum absolute atomic E-state index is 9.91. The lowest BCUT2D eigenvalue weighted by molar-refractivity contribution is -0.0943. The van der Waals surface area contributed by atoms with E-state index in [2.05, 4.69) is 4.90 Å². The molecule has 0 amide bonds. The lowest BCUT2D eigenvalue weighted by Crippen LogP contribution is -2.53. The molecular weight excluding hydrogens is 212 g/mol. The van der Waals surface area contributed by atoms with Gasteiger partial charge in [-0.2, -0.15) is 0 Å². The first-order valence-corrected chi connectivity index (χ1v) is 5.80. The third kappa shape index (κ3) is 2.09. The fourth-order valence-corrected chi connectivity index (χ4v) is 2.66. The summed E-state index contributed by atoms with van der Waals surface area (Å²) in [5, 5.41) is 38.1. The lowest BCUT2D eigenvalue weighted by Gasteiger charge is -2.35. The van der Waals surface area contributed by atoms with E-state index in [4.69, 9.17) is 5.11 Å². The van der Waals surface area contributed by atoms with E-state index in [9.17, 15) is 15.3 Å². The second-order valence-corrected chi connectivity index (χ2v) is 4.57. The summed E-state index contributed by atoms with van der Waals surface area (Å²) in [6.45, 7) is 1.54. The van der Waals surface area contributed by atoms with Gasteiger partial charge in [-0.05, 0) is 25.9 Å². The van der Waals surface area contributed by atoms with Gasteiger partial charge in [-0.15, -0.1) is 0 Å². The van der Waals surface area contributed by atoms with Gasteiger partial charge in [0.2, 0.25) is 0 Å². The molecule has 2 aliphatic heterocycles. The number of hydrogen-bond donors (Lipinski definition) is 4. The molecule has 0 aliphatic carbocycles. The molecule has 0 aromatic rings. The molecule has 0 radical (unpaired) electrons. The van der Waals surface area contributed by atoms with Gasteiger partial charge in [0.05, 0.1) is 18.9 Å². The van der Waals surface area contributed by atoms with Crippen LogP contribution in [0, 0.1) is 0 Å². The van der Waals surface area contributed by atoms with Crippen molar-refractivity contribution in [3.63, 3.8) is 0 Å². The van der Waals surface area contributed by atoms with Gasteiger partial charge < -0.3 is 20.4 Å². The topological polar surface area (TPSA) is 87.4 Å². The van der Waals surface area contributed by atoms with Crippen LogP contribution in [0.2, 0.25) is 0 Å². The maximum atomic E-state index is 9.91. The molecule has 0 spiro atoms. The van der Waals surface area contributed by atoms with Crippen molar-refractivity contribution in [2.75, 3.05) is 26.2 Å². The van der Waals surface area contributed by atoms with Crippen molar-refractivity contribution in [3.8, 4) is 0 Å². The summed E-state index contributed by atoms with van der Waals surface area (Å²) in [4.78, 5) is 3.63. The highest BCUT2D eigenvalue weighted by Gasteiger charge is 2.45. The molecule has 16 heavy (non-hydrogen) atoms. The number of nitrogens with zero attached hydrogens (tertiary/aromatic N) is 2. The average Bonchev–Trinajstić information content (AvgIpc) is 2.87. The van der Waals surface area contributed by atoms with Crippen LogP contribution in [0.15, 0.2) is 0 Å². The van der Waals surface area contributed by atoms with Gasteiger partial charge in [-0.1, -0.05) is 0 Å². The van der Waals surface area contributed by atoms with Crippen molar-refractivity contribution in [2.24, 2.45) is 0 Å². The van der Waals surface area contributed by atoms with E-state index >= 15 is 0 Å². The van der Waals surface area contributed by atoms with Crippen molar-refractivity contribution in [3.05, 3.63) is 0 Å². The molecule has 2 rings (SSSR count). The highest BCUT2D eigenvalue weighted by molar-refractivity contribution is 4.95. The van der Waals surface area contributed by atoms with Crippen LogP contribution < -0.4 is 0 Å². The monoisotopic (exact) mass is 232 g/mol. The second kappa shape index (κ2) is 4.95. The molecule has 3 unspecified atom stereocenters. The van der Waals surface area contributed by atoms with Gasteiger partial charge in [0, 0.05) is 6.54 Å². The zero-order chi connectivity index (χ0) is 11.7. The van der Waals surface area contributed by atoms with E-state index in [0.29, 0.717) is 0 Å². The highest BCUT2D eigenvalue weighted by atomic mass is 16.4. The van der Waals surface area contributed by atoms with Crippen LogP contribution in [-0.4, -0.2) is 81.1 Å². The molecule has 0 saturated carbocycles. The molecule has 4 atom stereocenters. The quantitative estimate of drug-likeness (QED) is 0.440. The SMILES string of the molecule is OC[C@@H](O)N1CC(O)C(O)C1N1CCCC1. The van der Waals surface area contributed by atoms with Gasteiger partial charge in [-0.25, -0.2) is 0 Å². The predicted molar refractivity (Wildman–Crippen MR) is 56.4 cm³/mol. The summed E-state index contributed by atoms with van der Waals surface area (Å²) in [6.07, 6.45) is -0.978. The molecule has 2 heterocycles. The van der Waals surface area contributed by atoms with Gasteiger partial charge in [-0.3, -0.25) is 9.80 Å². The van der Waals surface area contributed by atoms with Crippen LogP contribution in [-0.2, 0) is 0 Å². The molecule has 4 N–H and O–H groups in total. The van der Waals surface area contributed by atoms with E-state index in [-0.39, 0.29) is 19.3 Å². The van der Waals surface area contributed by atoms with E-state index < -0.39 is 18.4 Å². The lowest BCUT2D eigenvalue weighted by atomic mass is 10.2. The van der Waals surface area contributed by atoms with Crippen LogP contribution in [0.4, 0.5) is 0 Å². The maximum Gasteiger partial charge on any atom is 0.132 e. The van der Waals surface area contributed by atoms with Crippen LogP contribution in [0.3, 0.4) is 0 Å². The van der Waals surface area contributed by atoms with Crippen molar-refractivity contribution >= 4 is 0 Å². The third-order valence-electron chi connectivity index (χ3n) is 3.50. The number of β-amino-alcohol motifs (C(OH)–C–C–N with tert-alkyl or cyclic N) is 1. The van der Waals surface area contributed by atoms with Gasteiger partial charge in [0.25, 0.3) is 0 Å². The minimum Gasteiger partial charge on any atom is -0.392 e. The summed E-state index contributed by atoms with van der Waals surface area (Å²) in [6, 6.07) is 0. The molecule has 0 aromatic carbocycles. The van der Waals surface area contributed by atoms with E-state index in [0.717, 1.165) is 25.9 Å². The minimum atomic E-state index is -1.02. The fourth-order valence-electron chi connectivity index (χ4n) is 2.66. The van der Waals surface area contributed by atoms with E-state index in [1.807, 2.05) is 0 Å². The summed E-state index contributed by atoms with van der Waals surface area (Å²) in [7, 11) is 0. The van der Waals surface area contributed by atoms with Crippen LogP contribution in [0.1, 0.15) is 12.8 Å². The average molecular weight is 232 g/mol. The molecule has 6 nitrogen and oxygen atoms in total. The Balaban J connectivity index is 2.10. The molecule has 2 fully saturated rings. The standard InChI is InChI=1S/C10H20N2O4/c13-6-8(15)12-5-7(14)9(16)10(12)11-3-1-2-4-11/h7-10,13-16H,1-6H2/t7?,8-,9?,10?/m1/s1.